The second-order valence-electron chi connectivity index (χ2n) is 2.76. The van der Waals surface area contributed by atoms with Crippen LogP contribution >= 0.6 is 23.7 Å². The van der Waals surface area contributed by atoms with E-state index in [1.807, 2.05) is 0 Å². The third kappa shape index (κ3) is 1.27. The van der Waals surface area contributed by atoms with Crippen LogP contribution in [-0.4, -0.2) is 7.11 Å². The lowest BCUT2D eigenvalue weighted by atomic mass is 10.2. The Morgan fingerprint density at radius 1 is 1.42 bits per heavy atom. The molecule has 1 aromatic rings. The Labute approximate surface area is 82.1 Å². The Balaban J connectivity index is 0.000000720. The lowest BCUT2D eigenvalue weighted by Gasteiger charge is -1.96. The normalized spacial score (nSPS) is 13.8. The van der Waals surface area contributed by atoms with Gasteiger partial charge in [-0.3, -0.25) is 0 Å². The zero-order valence-corrected chi connectivity index (χ0v) is 8.56. The van der Waals surface area contributed by atoms with Gasteiger partial charge in [-0.15, -0.1) is 23.7 Å². The molecule has 0 amide bonds. The van der Waals surface area contributed by atoms with Gasteiger partial charge in [0.25, 0.3) is 0 Å². The number of anilines is 1. The summed E-state index contributed by atoms with van der Waals surface area (Å²) in [6, 6.07) is 0. The molecule has 0 aromatic carbocycles. The molecule has 1 heterocycles. The molecule has 0 spiro atoms. The van der Waals surface area contributed by atoms with Crippen molar-refractivity contribution in [1.82, 2.24) is 0 Å². The fourth-order valence-electron chi connectivity index (χ4n) is 1.56. The number of fused-ring (bicyclic) bond motifs is 1. The largest absolute Gasteiger partial charge is 0.486 e. The minimum Gasteiger partial charge on any atom is -0.486 e. The van der Waals surface area contributed by atoms with E-state index in [1.54, 1.807) is 18.4 Å². The summed E-state index contributed by atoms with van der Waals surface area (Å²) in [6.45, 7) is 0. The van der Waals surface area contributed by atoms with Crippen molar-refractivity contribution in [2.45, 2.75) is 19.3 Å². The average Bonchev–Trinajstić information content (AvgIpc) is 2.53. The molecule has 1 aliphatic carbocycles. The number of hydrogen-bond acceptors (Lipinski definition) is 3. The number of ether oxygens (including phenoxy) is 1. The number of hydrogen-bond donors (Lipinski definition) is 1. The van der Waals surface area contributed by atoms with Gasteiger partial charge in [-0.1, -0.05) is 0 Å². The summed E-state index contributed by atoms with van der Waals surface area (Å²) in [5.41, 5.74) is 8.07. The van der Waals surface area contributed by atoms with Gasteiger partial charge in [-0.2, -0.15) is 0 Å². The molecule has 2 nitrogen and oxygen atoms in total. The van der Waals surface area contributed by atoms with Crippen molar-refractivity contribution in [1.29, 1.82) is 0 Å². The number of aryl methyl sites for hydroxylation is 1. The van der Waals surface area contributed by atoms with Gasteiger partial charge in [0.05, 0.1) is 12.8 Å². The molecule has 2 N–H and O–H groups in total. The van der Waals surface area contributed by atoms with Gasteiger partial charge in [0.15, 0.2) is 5.06 Å². The van der Waals surface area contributed by atoms with Gasteiger partial charge in [0.2, 0.25) is 0 Å². The third-order valence-corrected chi connectivity index (χ3v) is 3.38. The van der Waals surface area contributed by atoms with Crippen molar-refractivity contribution >= 4 is 29.4 Å². The molecule has 0 fully saturated rings. The summed E-state index contributed by atoms with van der Waals surface area (Å²) >= 11 is 1.70. The second kappa shape index (κ2) is 3.54. The molecule has 0 atom stereocenters. The predicted octanol–water partition coefficient (Wildman–Crippen LogP) is 2.25. The van der Waals surface area contributed by atoms with Crippen LogP contribution in [-0.2, 0) is 12.8 Å². The van der Waals surface area contributed by atoms with Gasteiger partial charge in [0.1, 0.15) is 0 Å². The predicted molar refractivity (Wildman–Crippen MR) is 54.6 cm³/mol. The molecule has 0 aliphatic heterocycles. The maximum atomic E-state index is 5.85. The van der Waals surface area contributed by atoms with Gasteiger partial charge in [-0.25, -0.2) is 0 Å². The number of nitrogen functional groups attached to an aromatic ring is 1. The first-order valence-electron chi connectivity index (χ1n) is 3.77. The number of thiophene rings is 1. The van der Waals surface area contributed by atoms with Crippen LogP contribution in [0.3, 0.4) is 0 Å². The van der Waals surface area contributed by atoms with E-state index in [-0.39, 0.29) is 12.4 Å². The van der Waals surface area contributed by atoms with Gasteiger partial charge in [0, 0.05) is 4.88 Å². The summed E-state index contributed by atoms with van der Waals surface area (Å²) in [7, 11) is 1.68. The van der Waals surface area contributed by atoms with E-state index in [4.69, 9.17) is 10.5 Å². The highest BCUT2D eigenvalue weighted by Gasteiger charge is 2.20. The molecular formula is C8H12ClNOS. The highest BCUT2D eigenvalue weighted by Crippen LogP contribution is 2.42. The van der Waals surface area contributed by atoms with Crippen molar-refractivity contribution in [3.8, 4) is 5.06 Å². The molecule has 0 saturated heterocycles. The van der Waals surface area contributed by atoms with Crippen molar-refractivity contribution in [2.75, 3.05) is 12.8 Å². The number of rotatable bonds is 1. The van der Waals surface area contributed by atoms with Crippen LogP contribution in [0, 0.1) is 0 Å². The number of nitrogens with two attached hydrogens (primary N) is 1. The molecule has 1 aromatic heterocycles. The topological polar surface area (TPSA) is 35.2 Å². The maximum absolute atomic E-state index is 5.85. The van der Waals surface area contributed by atoms with E-state index in [0.717, 1.165) is 17.2 Å². The summed E-state index contributed by atoms with van der Waals surface area (Å²) in [4.78, 5) is 1.43. The molecule has 12 heavy (non-hydrogen) atoms. The zero-order chi connectivity index (χ0) is 7.84. The molecule has 0 unspecified atom stereocenters. The Hall–Kier alpha value is -0.410. The molecule has 0 bridgehead atoms. The SMILES string of the molecule is COc1sc2c(c1N)CCC2.Cl. The van der Waals surface area contributed by atoms with Crippen LogP contribution in [0.15, 0.2) is 0 Å². The standard InChI is InChI=1S/C8H11NOS.ClH/c1-10-8-7(9)5-3-2-4-6(5)11-8;/h2-4,9H2,1H3;1H. The second-order valence-corrected chi connectivity index (χ2v) is 3.83. The van der Waals surface area contributed by atoms with E-state index in [1.165, 1.54) is 23.3 Å². The molecule has 4 heteroatoms. The van der Waals surface area contributed by atoms with Crippen molar-refractivity contribution < 1.29 is 4.74 Å². The first-order chi connectivity index (χ1) is 5.33. The Morgan fingerprint density at radius 2 is 2.17 bits per heavy atom. The van der Waals surface area contributed by atoms with E-state index in [2.05, 4.69) is 0 Å². The van der Waals surface area contributed by atoms with Crippen molar-refractivity contribution in [3.05, 3.63) is 10.4 Å². The third-order valence-electron chi connectivity index (χ3n) is 2.11. The van der Waals surface area contributed by atoms with Gasteiger partial charge < -0.3 is 10.5 Å². The Kier molecular flexibility index (Phi) is 2.85. The quantitative estimate of drug-likeness (QED) is 0.764. The van der Waals surface area contributed by atoms with Crippen LogP contribution < -0.4 is 10.5 Å². The minimum absolute atomic E-state index is 0. The summed E-state index contributed by atoms with van der Waals surface area (Å²) < 4.78 is 5.14. The smallest absolute Gasteiger partial charge is 0.197 e. The molecule has 1 aliphatic rings. The van der Waals surface area contributed by atoms with Gasteiger partial charge in [-0.05, 0) is 24.8 Å². The summed E-state index contributed by atoms with van der Waals surface area (Å²) in [6.07, 6.45) is 3.59. The highest BCUT2D eigenvalue weighted by molar-refractivity contribution is 7.14. The minimum atomic E-state index is 0. The zero-order valence-electron chi connectivity index (χ0n) is 6.92. The lowest BCUT2D eigenvalue weighted by molar-refractivity contribution is 0.429. The van der Waals surface area contributed by atoms with E-state index < -0.39 is 0 Å². The van der Waals surface area contributed by atoms with E-state index in [0.29, 0.717) is 0 Å². The average molecular weight is 206 g/mol. The molecule has 68 valence electrons. The van der Waals surface area contributed by atoms with E-state index >= 15 is 0 Å². The van der Waals surface area contributed by atoms with Crippen LogP contribution in [0.2, 0.25) is 0 Å². The van der Waals surface area contributed by atoms with Crippen molar-refractivity contribution in [3.63, 3.8) is 0 Å². The first-order valence-corrected chi connectivity index (χ1v) is 4.58. The van der Waals surface area contributed by atoms with Gasteiger partial charge >= 0.3 is 0 Å². The van der Waals surface area contributed by atoms with E-state index in [9.17, 15) is 0 Å². The molecule has 0 radical (unpaired) electrons. The number of halogens is 1. The molecule has 0 saturated carbocycles. The highest BCUT2D eigenvalue weighted by atomic mass is 35.5. The van der Waals surface area contributed by atoms with Crippen LogP contribution in [0.1, 0.15) is 16.9 Å². The molecule has 2 rings (SSSR count). The fourth-order valence-corrected chi connectivity index (χ4v) is 2.68. The monoisotopic (exact) mass is 205 g/mol. The Morgan fingerprint density at radius 3 is 2.75 bits per heavy atom. The lowest BCUT2D eigenvalue weighted by Crippen LogP contribution is -1.90. The number of methoxy groups -OCH3 is 1. The Bertz CT molecular complexity index is 284. The molecular weight excluding hydrogens is 194 g/mol. The first kappa shape index (κ1) is 9.68. The fraction of sp³-hybridized carbons (Fsp3) is 0.500. The summed E-state index contributed by atoms with van der Waals surface area (Å²) in [5.74, 6) is 0. The maximum Gasteiger partial charge on any atom is 0.197 e. The van der Waals surface area contributed by atoms with Crippen LogP contribution in [0.5, 0.6) is 5.06 Å². The van der Waals surface area contributed by atoms with Crippen LogP contribution in [0.4, 0.5) is 5.69 Å². The van der Waals surface area contributed by atoms with Crippen molar-refractivity contribution in [2.24, 2.45) is 0 Å². The summed E-state index contributed by atoms with van der Waals surface area (Å²) in [5, 5.41) is 0.898. The van der Waals surface area contributed by atoms with Crippen LogP contribution in [0.25, 0.3) is 0 Å².